The van der Waals surface area contributed by atoms with Crippen LogP contribution < -0.4 is 14.8 Å². The van der Waals surface area contributed by atoms with E-state index in [0.29, 0.717) is 29.5 Å². The van der Waals surface area contributed by atoms with E-state index < -0.39 is 0 Å². The molecule has 0 aliphatic heterocycles. The van der Waals surface area contributed by atoms with E-state index in [1.807, 2.05) is 0 Å². The van der Waals surface area contributed by atoms with Crippen molar-refractivity contribution in [2.24, 2.45) is 5.92 Å². The summed E-state index contributed by atoms with van der Waals surface area (Å²) < 4.78 is 10.5. The predicted octanol–water partition coefficient (Wildman–Crippen LogP) is 3.24. The lowest BCUT2D eigenvalue weighted by atomic mass is 10.1. The van der Waals surface area contributed by atoms with Crippen molar-refractivity contribution < 1.29 is 14.3 Å². The average Bonchev–Trinajstić information content (AvgIpc) is 2.42. The van der Waals surface area contributed by atoms with Crippen molar-refractivity contribution in [1.82, 2.24) is 5.32 Å². The molecule has 0 fully saturated rings. The van der Waals surface area contributed by atoms with E-state index in [9.17, 15) is 4.79 Å². The third-order valence-corrected chi connectivity index (χ3v) is 3.56. The van der Waals surface area contributed by atoms with Crippen molar-refractivity contribution in [3.05, 3.63) is 23.8 Å². The Morgan fingerprint density at radius 2 is 2.00 bits per heavy atom. The maximum Gasteiger partial charge on any atom is 0.255 e. The molecule has 112 valence electrons. The third kappa shape index (κ3) is 4.71. The number of benzene rings is 1. The molecular weight excluding hydrogens is 322 g/mol. The van der Waals surface area contributed by atoms with Gasteiger partial charge >= 0.3 is 0 Å². The average molecular weight is 344 g/mol. The van der Waals surface area contributed by atoms with Gasteiger partial charge in [-0.15, -0.1) is 0 Å². The van der Waals surface area contributed by atoms with Crippen LogP contribution in [0.1, 0.15) is 30.6 Å². The fourth-order valence-electron chi connectivity index (χ4n) is 1.96. The SMILES string of the molecule is COc1cccc(C(=O)NCC(Br)CC(C)C)c1OC. The highest BCUT2D eigenvalue weighted by molar-refractivity contribution is 9.09. The zero-order valence-corrected chi connectivity index (χ0v) is 14.0. The van der Waals surface area contributed by atoms with Crippen molar-refractivity contribution >= 4 is 21.8 Å². The molecule has 0 aliphatic carbocycles. The number of hydrogen-bond donors (Lipinski definition) is 1. The zero-order valence-electron chi connectivity index (χ0n) is 12.4. The van der Waals surface area contributed by atoms with E-state index in [1.54, 1.807) is 25.3 Å². The number of hydrogen-bond acceptors (Lipinski definition) is 3. The van der Waals surface area contributed by atoms with E-state index in [2.05, 4.69) is 35.1 Å². The second-order valence-electron chi connectivity index (χ2n) is 4.98. The van der Waals surface area contributed by atoms with Crippen LogP contribution in [0.15, 0.2) is 18.2 Å². The molecule has 1 amide bonds. The summed E-state index contributed by atoms with van der Waals surface area (Å²) in [6.45, 7) is 4.89. The van der Waals surface area contributed by atoms with Gasteiger partial charge < -0.3 is 14.8 Å². The topological polar surface area (TPSA) is 47.6 Å². The van der Waals surface area contributed by atoms with Crippen molar-refractivity contribution in [2.45, 2.75) is 25.1 Å². The molecule has 1 aromatic rings. The van der Waals surface area contributed by atoms with Gasteiger partial charge in [0.2, 0.25) is 0 Å². The van der Waals surface area contributed by atoms with Crippen LogP contribution in [0, 0.1) is 5.92 Å². The van der Waals surface area contributed by atoms with Crippen molar-refractivity contribution in [3.8, 4) is 11.5 Å². The molecule has 1 atom stereocenters. The smallest absolute Gasteiger partial charge is 0.255 e. The number of methoxy groups -OCH3 is 2. The zero-order chi connectivity index (χ0) is 15.1. The number of nitrogens with one attached hydrogen (secondary N) is 1. The number of alkyl halides is 1. The van der Waals surface area contributed by atoms with E-state index in [4.69, 9.17) is 9.47 Å². The van der Waals surface area contributed by atoms with Crippen LogP contribution in [0.5, 0.6) is 11.5 Å². The van der Waals surface area contributed by atoms with Gasteiger partial charge in [-0.25, -0.2) is 0 Å². The number of carbonyl (C=O) groups is 1. The highest BCUT2D eigenvalue weighted by Crippen LogP contribution is 2.30. The van der Waals surface area contributed by atoms with Gasteiger partial charge in [0.25, 0.3) is 5.91 Å². The molecule has 0 heterocycles. The normalized spacial score (nSPS) is 12.1. The molecule has 0 radical (unpaired) electrons. The van der Waals surface area contributed by atoms with Crippen LogP contribution in [-0.4, -0.2) is 31.5 Å². The summed E-state index contributed by atoms with van der Waals surface area (Å²) in [7, 11) is 3.08. The Labute approximate surface area is 129 Å². The number of halogens is 1. The standard InChI is InChI=1S/C15H22BrNO3/c1-10(2)8-11(16)9-17-15(18)12-6-5-7-13(19-3)14(12)20-4/h5-7,10-11H,8-9H2,1-4H3,(H,17,18). The molecule has 1 N–H and O–H groups in total. The van der Waals surface area contributed by atoms with Gasteiger partial charge in [0.15, 0.2) is 11.5 Å². The van der Waals surface area contributed by atoms with Crippen LogP contribution in [0.4, 0.5) is 0 Å². The van der Waals surface area contributed by atoms with Crippen LogP contribution in [0.2, 0.25) is 0 Å². The summed E-state index contributed by atoms with van der Waals surface area (Å²) in [5.41, 5.74) is 0.482. The molecule has 1 aromatic carbocycles. The lowest BCUT2D eigenvalue weighted by molar-refractivity contribution is 0.0949. The molecule has 0 bridgehead atoms. The minimum absolute atomic E-state index is 0.158. The number of para-hydroxylation sites is 1. The van der Waals surface area contributed by atoms with Crippen molar-refractivity contribution in [3.63, 3.8) is 0 Å². The van der Waals surface area contributed by atoms with Gasteiger partial charge in [0, 0.05) is 11.4 Å². The van der Waals surface area contributed by atoms with Crippen molar-refractivity contribution in [2.75, 3.05) is 20.8 Å². The number of carbonyl (C=O) groups excluding carboxylic acids is 1. The molecule has 1 rings (SSSR count). The first-order valence-electron chi connectivity index (χ1n) is 6.62. The Morgan fingerprint density at radius 1 is 1.30 bits per heavy atom. The number of ether oxygens (including phenoxy) is 2. The minimum atomic E-state index is -0.158. The summed E-state index contributed by atoms with van der Waals surface area (Å²) in [6, 6.07) is 5.26. The molecule has 0 spiro atoms. The second-order valence-corrected chi connectivity index (χ2v) is 6.27. The van der Waals surface area contributed by atoms with Gasteiger partial charge in [-0.2, -0.15) is 0 Å². The molecule has 0 saturated heterocycles. The third-order valence-electron chi connectivity index (χ3n) is 2.86. The lowest BCUT2D eigenvalue weighted by Crippen LogP contribution is -2.30. The summed E-state index contributed by atoms with van der Waals surface area (Å²) >= 11 is 3.57. The van der Waals surface area contributed by atoms with Crippen LogP contribution in [0.25, 0.3) is 0 Å². The van der Waals surface area contributed by atoms with Gasteiger partial charge in [-0.3, -0.25) is 4.79 Å². The van der Waals surface area contributed by atoms with E-state index >= 15 is 0 Å². The highest BCUT2D eigenvalue weighted by atomic mass is 79.9. The first kappa shape index (κ1) is 16.8. The number of amides is 1. The largest absolute Gasteiger partial charge is 0.493 e. The molecule has 5 heteroatoms. The van der Waals surface area contributed by atoms with Gasteiger partial charge in [0.05, 0.1) is 19.8 Å². The van der Waals surface area contributed by atoms with Crippen LogP contribution >= 0.6 is 15.9 Å². The first-order valence-corrected chi connectivity index (χ1v) is 7.54. The van der Waals surface area contributed by atoms with Gasteiger partial charge in [-0.05, 0) is 24.5 Å². The molecular formula is C15H22BrNO3. The Bertz CT molecular complexity index is 449. The molecule has 0 saturated carbocycles. The quantitative estimate of drug-likeness (QED) is 0.773. The first-order chi connectivity index (χ1) is 9.49. The Kier molecular flexibility index (Phi) is 6.85. The Hall–Kier alpha value is -1.23. The van der Waals surface area contributed by atoms with Crippen LogP contribution in [0.3, 0.4) is 0 Å². The summed E-state index contributed by atoms with van der Waals surface area (Å²) in [6.07, 6.45) is 1.01. The van der Waals surface area contributed by atoms with Gasteiger partial charge in [-0.1, -0.05) is 35.8 Å². The van der Waals surface area contributed by atoms with Gasteiger partial charge in [0.1, 0.15) is 0 Å². The molecule has 20 heavy (non-hydrogen) atoms. The Balaban J connectivity index is 2.73. The summed E-state index contributed by atoms with van der Waals surface area (Å²) in [5, 5.41) is 2.91. The fourth-order valence-corrected chi connectivity index (χ4v) is 2.87. The fraction of sp³-hybridized carbons (Fsp3) is 0.533. The van der Waals surface area contributed by atoms with Crippen molar-refractivity contribution in [1.29, 1.82) is 0 Å². The molecule has 4 nitrogen and oxygen atoms in total. The molecule has 1 unspecified atom stereocenters. The minimum Gasteiger partial charge on any atom is -0.493 e. The monoisotopic (exact) mass is 343 g/mol. The number of rotatable bonds is 7. The summed E-state index contributed by atoms with van der Waals surface area (Å²) in [4.78, 5) is 12.5. The maximum atomic E-state index is 12.2. The van der Waals surface area contributed by atoms with E-state index in [-0.39, 0.29) is 10.7 Å². The highest BCUT2D eigenvalue weighted by Gasteiger charge is 2.17. The summed E-state index contributed by atoms with van der Waals surface area (Å²) in [5.74, 6) is 1.44. The van der Waals surface area contributed by atoms with Crippen LogP contribution in [-0.2, 0) is 0 Å². The predicted molar refractivity (Wildman–Crippen MR) is 84.0 cm³/mol. The Morgan fingerprint density at radius 3 is 2.55 bits per heavy atom. The van der Waals surface area contributed by atoms with E-state index in [0.717, 1.165) is 6.42 Å². The lowest BCUT2D eigenvalue weighted by Gasteiger charge is -2.15. The second kappa shape index (κ2) is 8.15. The van der Waals surface area contributed by atoms with E-state index in [1.165, 1.54) is 7.11 Å². The molecule has 0 aromatic heterocycles. The molecule has 0 aliphatic rings. The maximum absolute atomic E-state index is 12.2.